The van der Waals surface area contributed by atoms with E-state index in [1.54, 1.807) is 12.1 Å². The third-order valence-corrected chi connectivity index (χ3v) is 3.22. The highest BCUT2D eigenvalue weighted by molar-refractivity contribution is 6.33. The summed E-state index contributed by atoms with van der Waals surface area (Å²) in [5.74, 6) is -0.153. The second kappa shape index (κ2) is 5.61. The summed E-state index contributed by atoms with van der Waals surface area (Å²) in [4.78, 5) is 11.5. The molecule has 0 atom stereocenters. The van der Waals surface area contributed by atoms with Crippen molar-refractivity contribution in [3.63, 3.8) is 0 Å². The predicted octanol–water partition coefficient (Wildman–Crippen LogP) is 3.78. The Morgan fingerprint density at radius 1 is 1.15 bits per heavy atom. The normalized spacial score (nSPS) is 10.3. The van der Waals surface area contributed by atoms with Gasteiger partial charge in [0.2, 0.25) is 0 Å². The molecule has 0 spiro atoms. The van der Waals surface area contributed by atoms with E-state index in [0.29, 0.717) is 16.5 Å². The number of halogens is 2. The van der Waals surface area contributed by atoms with E-state index in [1.807, 2.05) is 13.0 Å². The van der Waals surface area contributed by atoms with Crippen molar-refractivity contribution in [2.45, 2.75) is 6.92 Å². The van der Waals surface area contributed by atoms with Gasteiger partial charge in [0, 0.05) is 5.69 Å². The summed E-state index contributed by atoms with van der Waals surface area (Å²) in [6.07, 6.45) is 0. The van der Waals surface area contributed by atoms with Crippen molar-refractivity contribution in [3.05, 3.63) is 51.5 Å². The zero-order chi connectivity index (χ0) is 14.9. The molecule has 104 valence electrons. The van der Waals surface area contributed by atoms with Crippen molar-refractivity contribution in [3.8, 4) is 11.5 Å². The number of nitrogens with two attached hydrogens (primary N) is 2. The number of hydrogen-bond acceptors (Lipinski definition) is 3. The van der Waals surface area contributed by atoms with Crippen LogP contribution in [0.1, 0.15) is 15.9 Å². The minimum absolute atomic E-state index is 0.104. The molecule has 0 heterocycles. The van der Waals surface area contributed by atoms with Crippen LogP contribution in [-0.2, 0) is 0 Å². The van der Waals surface area contributed by atoms with Gasteiger partial charge >= 0.3 is 0 Å². The van der Waals surface area contributed by atoms with Crippen molar-refractivity contribution in [2.24, 2.45) is 5.73 Å². The van der Waals surface area contributed by atoms with E-state index in [9.17, 15) is 4.79 Å². The van der Waals surface area contributed by atoms with Crippen LogP contribution in [0, 0.1) is 6.92 Å². The van der Waals surface area contributed by atoms with Crippen LogP contribution in [0.15, 0.2) is 30.3 Å². The molecule has 2 aromatic rings. The fraction of sp³-hybridized carbons (Fsp3) is 0.0714. The maximum Gasteiger partial charge on any atom is 0.252 e. The zero-order valence-electron chi connectivity index (χ0n) is 10.6. The first-order valence-electron chi connectivity index (χ1n) is 5.71. The standard InChI is InChI=1S/C14H12Cl2N2O2/c1-7-2-3-10(15)12(4-7)20-13-9(14(18)19)5-8(17)6-11(13)16/h2-6H,17H2,1H3,(H2,18,19). The number of primary amides is 1. The minimum Gasteiger partial charge on any atom is -0.453 e. The fourth-order valence-electron chi connectivity index (χ4n) is 1.70. The van der Waals surface area contributed by atoms with Crippen LogP contribution < -0.4 is 16.2 Å². The second-order valence-corrected chi connectivity index (χ2v) is 5.09. The predicted molar refractivity (Wildman–Crippen MR) is 80.6 cm³/mol. The summed E-state index contributed by atoms with van der Waals surface area (Å²) in [6, 6.07) is 8.16. The Morgan fingerprint density at radius 3 is 2.50 bits per heavy atom. The van der Waals surface area contributed by atoms with Gasteiger partial charge in [-0.25, -0.2) is 0 Å². The van der Waals surface area contributed by atoms with Gasteiger partial charge < -0.3 is 16.2 Å². The molecule has 4 N–H and O–H groups in total. The van der Waals surface area contributed by atoms with Gasteiger partial charge in [0.1, 0.15) is 5.75 Å². The molecule has 2 aromatic carbocycles. The molecular formula is C14H12Cl2N2O2. The van der Waals surface area contributed by atoms with Crippen molar-refractivity contribution < 1.29 is 9.53 Å². The van der Waals surface area contributed by atoms with Crippen molar-refractivity contribution in [1.29, 1.82) is 0 Å². The van der Waals surface area contributed by atoms with E-state index in [4.69, 9.17) is 39.4 Å². The first-order chi connectivity index (χ1) is 9.38. The van der Waals surface area contributed by atoms with Crippen LogP contribution in [-0.4, -0.2) is 5.91 Å². The van der Waals surface area contributed by atoms with Gasteiger partial charge in [0.25, 0.3) is 5.91 Å². The molecule has 0 radical (unpaired) electrons. The van der Waals surface area contributed by atoms with Crippen LogP contribution in [0.25, 0.3) is 0 Å². The summed E-state index contributed by atoms with van der Waals surface area (Å²) in [7, 11) is 0. The van der Waals surface area contributed by atoms with Crippen LogP contribution in [0.5, 0.6) is 11.5 Å². The molecule has 20 heavy (non-hydrogen) atoms. The van der Waals surface area contributed by atoms with Gasteiger partial charge in [-0.15, -0.1) is 0 Å². The number of ether oxygens (including phenoxy) is 1. The number of carbonyl (C=O) groups is 1. The highest BCUT2D eigenvalue weighted by Gasteiger charge is 2.17. The molecule has 0 fully saturated rings. The highest BCUT2D eigenvalue weighted by atomic mass is 35.5. The number of hydrogen-bond donors (Lipinski definition) is 2. The zero-order valence-corrected chi connectivity index (χ0v) is 12.1. The molecule has 0 aliphatic rings. The number of anilines is 1. The Kier molecular flexibility index (Phi) is 4.06. The minimum atomic E-state index is -0.682. The van der Waals surface area contributed by atoms with Crippen molar-refractivity contribution in [2.75, 3.05) is 5.73 Å². The van der Waals surface area contributed by atoms with Gasteiger partial charge in [0.15, 0.2) is 5.75 Å². The third-order valence-electron chi connectivity index (χ3n) is 2.63. The van der Waals surface area contributed by atoms with Crippen LogP contribution in [0.2, 0.25) is 10.0 Å². The molecule has 0 saturated carbocycles. The van der Waals surface area contributed by atoms with Gasteiger partial charge in [0.05, 0.1) is 15.6 Å². The summed E-state index contributed by atoms with van der Waals surface area (Å²) in [6.45, 7) is 1.89. The highest BCUT2D eigenvalue weighted by Crippen LogP contribution is 2.37. The third kappa shape index (κ3) is 2.98. The van der Waals surface area contributed by atoms with E-state index < -0.39 is 5.91 Å². The quantitative estimate of drug-likeness (QED) is 0.847. The lowest BCUT2D eigenvalue weighted by molar-refractivity contribution is 0.0998. The molecule has 2 rings (SSSR count). The van der Waals surface area contributed by atoms with Crippen LogP contribution in [0.3, 0.4) is 0 Å². The average Bonchev–Trinajstić information content (AvgIpc) is 2.36. The number of aryl methyl sites for hydroxylation is 1. The Balaban J connectivity index is 2.53. The Bertz CT molecular complexity index is 687. The SMILES string of the molecule is Cc1ccc(Cl)c(Oc2c(Cl)cc(N)cc2C(N)=O)c1. The maximum atomic E-state index is 11.5. The number of carbonyl (C=O) groups excluding carboxylic acids is 1. The Morgan fingerprint density at radius 2 is 1.85 bits per heavy atom. The molecule has 0 aliphatic carbocycles. The molecule has 0 saturated heterocycles. The van der Waals surface area contributed by atoms with Gasteiger partial charge in [-0.3, -0.25) is 4.79 Å². The molecule has 0 unspecified atom stereocenters. The first-order valence-corrected chi connectivity index (χ1v) is 6.47. The van der Waals surface area contributed by atoms with Gasteiger partial charge in [-0.05, 0) is 36.8 Å². The molecular weight excluding hydrogens is 299 g/mol. The Labute approximate surface area is 126 Å². The fourth-order valence-corrected chi connectivity index (χ4v) is 2.12. The molecule has 0 aromatic heterocycles. The topological polar surface area (TPSA) is 78.3 Å². The van der Waals surface area contributed by atoms with E-state index >= 15 is 0 Å². The van der Waals surface area contributed by atoms with E-state index in [-0.39, 0.29) is 16.3 Å². The lowest BCUT2D eigenvalue weighted by Gasteiger charge is -2.13. The summed E-state index contributed by atoms with van der Waals surface area (Å²) < 4.78 is 5.65. The average molecular weight is 311 g/mol. The van der Waals surface area contributed by atoms with E-state index in [2.05, 4.69) is 0 Å². The van der Waals surface area contributed by atoms with Crippen molar-refractivity contribution >= 4 is 34.8 Å². The molecule has 0 bridgehead atoms. The number of rotatable bonds is 3. The summed E-state index contributed by atoms with van der Waals surface area (Å²) >= 11 is 12.1. The van der Waals surface area contributed by atoms with Crippen molar-refractivity contribution in [1.82, 2.24) is 0 Å². The lowest BCUT2D eigenvalue weighted by Crippen LogP contribution is -2.13. The molecule has 4 nitrogen and oxygen atoms in total. The van der Waals surface area contributed by atoms with Gasteiger partial charge in [-0.1, -0.05) is 29.3 Å². The van der Waals surface area contributed by atoms with E-state index in [0.717, 1.165) is 5.56 Å². The summed E-state index contributed by atoms with van der Waals surface area (Å²) in [5, 5.41) is 0.593. The number of nitrogen functional groups attached to an aromatic ring is 1. The van der Waals surface area contributed by atoms with Crippen LogP contribution in [0.4, 0.5) is 5.69 Å². The maximum absolute atomic E-state index is 11.5. The first kappa shape index (κ1) is 14.5. The van der Waals surface area contributed by atoms with Crippen LogP contribution >= 0.6 is 23.2 Å². The molecule has 0 aliphatic heterocycles. The molecule has 1 amide bonds. The second-order valence-electron chi connectivity index (χ2n) is 4.28. The number of amides is 1. The largest absolute Gasteiger partial charge is 0.453 e. The summed E-state index contributed by atoms with van der Waals surface area (Å²) in [5.41, 5.74) is 12.3. The molecule has 6 heteroatoms. The van der Waals surface area contributed by atoms with E-state index in [1.165, 1.54) is 12.1 Å². The monoisotopic (exact) mass is 310 g/mol. The lowest BCUT2D eigenvalue weighted by atomic mass is 10.1. The Hall–Kier alpha value is -1.91. The van der Waals surface area contributed by atoms with Gasteiger partial charge in [-0.2, -0.15) is 0 Å². The number of benzene rings is 2. The smallest absolute Gasteiger partial charge is 0.252 e.